The second-order valence-electron chi connectivity index (χ2n) is 6.44. The third kappa shape index (κ3) is 5.19. The van der Waals surface area contributed by atoms with Gasteiger partial charge in [0, 0.05) is 13.6 Å². The Bertz CT molecular complexity index is 367. The van der Waals surface area contributed by atoms with Crippen LogP contribution in [0.1, 0.15) is 39.5 Å². The molecule has 1 saturated heterocycles. The van der Waals surface area contributed by atoms with Crippen LogP contribution in [0.2, 0.25) is 0 Å². The van der Waals surface area contributed by atoms with E-state index >= 15 is 0 Å². The van der Waals surface area contributed by atoms with E-state index in [-0.39, 0.29) is 6.03 Å². The van der Waals surface area contributed by atoms with E-state index in [4.69, 9.17) is 0 Å². The average molecular weight is 299 g/mol. The molecule has 0 spiro atoms. The third-order valence-corrected chi connectivity index (χ3v) is 4.32. The van der Waals surface area contributed by atoms with Gasteiger partial charge in [-0.05, 0) is 52.2 Å². The van der Waals surface area contributed by atoms with Gasteiger partial charge in [-0.15, -0.1) is 0 Å². The van der Waals surface area contributed by atoms with Crippen molar-refractivity contribution >= 4 is 12.0 Å². The van der Waals surface area contributed by atoms with Crippen molar-refractivity contribution in [3.63, 3.8) is 0 Å². The second-order valence-corrected chi connectivity index (χ2v) is 6.44. The summed E-state index contributed by atoms with van der Waals surface area (Å²) in [6.45, 7) is 6.28. The molecule has 6 nitrogen and oxygen atoms in total. The summed E-state index contributed by atoms with van der Waals surface area (Å²) in [6, 6.07) is -0.299. The summed E-state index contributed by atoms with van der Waals surface area (Å²) in [5.74, 6) is -0.482. The number of carbonyl (C=O) groups is 2. The molecular weight excluding hydrogens is 270 g/mol. The predicted molar refractivity (Wildman–Crippen MR) is 82.3 cm³/mol. The van der Waals surface area contributed by atoms with Crippen molar-refractivity contribution in [2.45, 2.75) is 45.1 Å². The first kappa shape index (κ1) is 17.8. The average Bonchev–Trinajstić information content (AvgIpc) is 2.41. The van der Waals surface area contributed by atoms with Crippen LogP contribution in [0.5, 0.6) is 0 Å². The Morgan fingerprint density at radius 3 is 2.43 bits per heavy atom. The highest BCUT2D eigenvalue weighted by Gasteiger charge is 2.35. The fourth-order valence-electron chi connectivity index (χ4n) is 2.77. The van der Waals surface area contributed by atoms with Crippen molar-refractivity contribution in [1.82, 2.24) is 15.1 Å². The van der Waals surface area contributed by atoms with Crippen LogP contribution in [0.25, 0.3) is 0 Å². The van der Waals surface area contributed by atoms with E-state index in [9.17, 15) is 14.7 Å². The lowest BCUT2D eigenvalue weighted by molar-refractivity contribution is -0.144. The largest absolute Gasteiger partial charge is 0.480 e. The Morgan fingerprint density at radius 1 is 1.38 bits per heavy atom. The number of nitrogens with one attached hydrogen (secondary N) is 1. The fourth-order valence-corrected chi connectivity index (χ4v) is 2.77. The summed E-state index contributed by atoms with van der Waals surface area (Å²) in [6.07, 6.45) is 3.30. The molecule has 6 heteroatoms. The topological polar surface area (TPSA) is 72.9 Å². The summed E-state index contributed by atoms with van der Waals surface area (Å²) in [4.78, 5) is 27.5. The molecule has 2 N–H and O–H groups in total. The molecule has 0 aromatic carbocycles. The number of hydrogen-bond donors (Lipinski definition) is 2. The molecule has 0 aromatic rings. The maximum atomic E-state index is 12.2. The Labute approximate surface area is 127 Å². The number of aliphatic carboxylic acids is 1. The Morgan fingerprint density at radius 2 is 1.95 bits per heavy atom. The number of carboxylic acids is 1. The molecule has 1 aliphatic rings. The molecule has 1 unspecified atom stereocenters. The minimum absolute atomic E-state index is 0.299. The van der Waals surface area contributed by atoms with Crippen LogP contribution in [0.4, 0.5) is 4.79 Å². The van der Waals surface area contributed by atoms with E-state index in [0.29, 0.717) is 25.3 Å². The molecule has 122 valence electrons. The minimum atomic E-state index is -1.19. The molecule has 0 aliphatic carbocycles. The molecule has 1 heterocycles. The monoisotopic (exact) mass is 299 g/mol. The van der Waals surface area contributed by atoms with Crippen LogP contribution >= 0.6 is 0 Å². The molecule has 1 atom stereocenters. The van der Waals surface area contributed by atoms with Crippen LogP contribution in [0, 0.1) is 5.92 Å². The number of rotatable bonds is 6. The summed E-state index contributed by atoms with van der Waals surface area (Å²) in [5, 5.41) is 12.0. The number of carbonyl (C=O) groups excluding carboxylic acids is 1. The summed E-state index contributed by atoms with van der Waals surface area (Å²) >= 11 is 0. The lowest BCUT2D eigenvalue weighted by Crippen LogP contribution is -2.56. The van der Waals surface area contributed by atoms with E-state index in [1.807, 2.05) is 6.92 Å². The number of carboxylic acid groups (broad SMARTS) is 1. The van der Waals surface area contributed by atoms with Gasteiger partial charge < -0.3 is 20.2 Å². The lowest BCUT2D eigenvalue weighted by atomic mass is 9.96. The SMILES string of the molecule is CCCC(C)(NC(=O)N(C)CC1CCN(C)CC1)C(=O)O. The number of hydrogen-bond acceptors (Lipinski definition) is 3. The number of amides is 2. The zero-order valence-corrected chi connectivity index (χ0v) is 13.7. The smallest absolute Gasteiger partial charge is 0.329 e. The first-order chi connectivity index (χ1) is 9.78. The maximum Gasteiger partial charge on any atom is 0.329 e. The highest BCUT2D eigenvalue weighted by molar-refractivity contribution is 5.85. The zero-order valence-electron chi connectivity index (χ0n) is 13.7. The van der Waals surface area contributed by atoms with Crippen LogP contribution < -0.4 is 5.32 Å². The van der Waals surface area contributed by atoms with E-state index in [1.54, 1.807) is 18.9 Å². The van der Waals surface area contributed by atoms with Gasteiger partial charge >= 0.3 is 12.0 Å². The zero-order chi connectivity index (χ0) is 16.0. The van der Waals surface area contributed by atoms with Gasteiger partial charge in [0.1, 0.15) is 5.54 Å². The predicted octanol–water partition coefficient (Wildman–Crippen LogP) is 1.61. The lowest BCUT2D eigenvalue weighted by Gasteiger charge is -2.33. The van der Waals surface area contributed by atoms with Gasteiger partial charge in [0.2, 0.25) is 0 Å². The summed E-state index contributed by atoms with van der Waals surface area (Å²) < 4.78 is 0. The van der Waals surface area contributed by atoms with Crippen molar-refractivity contribution in [3.05, 3.63) is 0 Å². The third-order valence-electron chi connectivity index (χ3n) is 4.32. The van der Waals surface area contributed by atoms with Crippen molar-refractivity contribution in [3.8, 4) is 0 Å². The number of urea groups is 1. The van der Waals surface area contributed by atoms with Crippen molar-refractivity contribution in [2.75, 3.05) is 33.7 Å². The van der Waals surface area contributed by atoms with Crippen molar-refractivity contribution < 1.29 is 14.7 Å². The fraction of sp³-hybridized carbons (Fsp3) is 0.867. The molecule has 1 rings (SSSR count). The highest BCUT2D eigenvalue weighted by atomic mass is 16.4. The Kier molecular flexibility index (Phi) is 6.45. The van der Waals surface area contributed by atoms with Crippen molar-refractivity contribution in [2.24, 2.45) is 5.92 Å². The standard InChI is InChI=1S/C15H29N3O3/c1-5-8-15(2,13(19)20)16-14(21)18(4)11-12-6-9-17(3)10-7-12/h12H,5-11H2,1-4H3,(H,16,21)(H,19,20). The molecular formula is C15H29N3O3. The second kappa shape index (κ2) is 7.64. The minimum Gasteiger partial charge on any atom is -0.480 e. The molecule has 0 bridgehead atoms. The van der Waals surface area contributed by atoms with Gasteiger partial charge in [0.05, 0.1) is 0 Å². The first-order valence-corrected chi connectivity index (χ1v) is 7.73. The van der Waals surface area contributed by atoms with Crippen LogP contribution in [-0.4, -0.2) is 66.2 Å². The molecule has 1 aliphatic heterocycles. The van der Waals surface area contributed by atoms with Gasteiger partial charge in [-0.25, -0.2) is 9.59 Å². The quantitative estimate of drug-likeness (QED) is 0.781. The van der Waals surface area contributed by atoms with Crippen LogP contribution in [0.3, 0.4) is 0 Å². The maximum absolute atomic E-state index is 12.2. The van der Waals surface area contributed by atoms with E-state index < -0.39 is 11.5 Å². The van der Waals surface area contributed by atoms with Gasteiger partial charge in [0.25, 0.3) is 0 Å². The molecule has 21 heavy (non-hydrogen) atoms. The highest BCUT2D eigenvalue weighted by Crippen LogP contribution is 2.18. The Balaban J connectivity index is 2.51. The van der Waals surface area contributed by atoms with E-state index in [2.05, 4.69) is 17.3 Å². The number of likely N-dealkylation sites (tertiary alicyclic amines) is 1. The van der Waals surface area contributed by atoms with Gasteiger partial charge in [-0.3, -0.25) is 0 Å². The van der Waals surface area contributed by atoms with E-state index in [1.165, 1.54) is 0 Å². The molecule has 1 fully saturated rings. The molecule has 2 amide bonds. The summed E-state index contributed by atoms with van der Waals surface area (Å²) in [5.41, 5.74) is -1.19. The number of piperidine rings is 1. The Hall–Kier alpha value is -1.30. The molecule has 0 saturated carbocycles. The number of nitrogens with zero attached hydrogens (tertiary/aromatic N) is 2. The normalized spacial score (nSPS) is 19.8. The molecule has 0 radical (unpaired) electrons. The van der Waals surface area contributed by atoms with Crippen LogP contribution in [-0.2, 0) is 4.79 Å². The van der Waals surface area contributed by atoms with Gasteiger partial charge in [0.15, 0.2) is 0 Å². The first-order valence-electron chi connectivity index (χ1n) is 7.73. The van der Waals surface area contributed by atoms with Crippen LogP contribution in [0.15, 0.2) is 0 Å². The van der Waals surface area contributed by atoms with Gasteiger partial charge in [-0.2, -0.15) is 0 Å². The molecule has 0 aromatic heterocycles. The van der Waals surface area contributed by atoms with E-state index in [0.717, 1.165) is 25.9 Å². The van der Waals surface area contributed by atoms with Gasteiger partial charge in [-0.1, -0.05) is 13.3 Å². The summed E-state index contributed by atoms with van der Waals surface area (Å²) in [7, 11) is 3.84. The van der Waals surface area contributed by atoms with Crippen molar-refractivity contribution in [1.29, 1.82) is 0 Å².